The second-order valence-electron chi connectivity index (χ2n) is 5.59. The van der Waals surface area contributed by atoms with Gasteiger partial charge in [0.25, 0.3) is 0 Å². The van der Waals surface area contributed by atoms with E-state index in [2.05, 4.69) is 22.9 Å². The van der Waals surface area contributed by atoms with E-state index in [-0.39, 0.29) is 6.04 Å². The van der Waals surface area contributed by atoms with Crippen molar-refractivity contribution in [3.05, 3.63) is 22.2 Å². The summed E-state index contributed by atoms with van der Waals surface area (Å²) in [6.07, 6.45) is 1.99. The van der Waals surface area contributed by atoms with Gasteiger partial charge in [-0.25, -0.2) is 8.42 Å². The van der Waals surface area contributed by atoms with Crippen LogP contribution in [-0.2, 0) is 10.0 Å². The summed E-state index contributed by atoms with van der Waals surface area (Å²) in [5.41, 5.74) is 7.02. The van der Waals surface area contributed by atoms with Crippen LogP contribution in [0.5, 0.6) is 0 Å². The minimum absolute atomic E-state index is 0.0216. The Kier molecular flexibility index (Phi) is 4.47. The highest BCUT2D eigenvalue weighted by Crippen LogP contribution is 2.33. The van der Waals surface area contributed by atoms with Crippen molar-refractivity contribution in [1.82, 2.24) is 4.31 Å². The van der Waals surface area contributed by atoms with Crippen LogP contribution in [0, 0.1) is 12.8 Å². The molecule has 0 radical (unpaired) electrons. The molecule has 20 heavy (non-hydrogen) atoms. The van der Waals surface area contributed by atoms with Crippen molar-refractivity contribution in [3.8, 4) is 0 Å². The van der Waals surface area contributed by atoms with E-state index in [1.54, 1.807) is 23.4 Å². The van der Waals surface area contributed by atoms with Gasteiger partial charge in [-0.05, 0) is 50.3 Å². The molecule has 1 aliphatic heterocycles. The lowest BCUT2D eigenvalue weighted by atomic mass is 9.94. The molecule has 0 saturated carbocycles. The summed E-state index contributed by atoms with van der Waals surface area (Å²) in [6.45, 7) is 6.43. The molecule has 1 fully saturated rings. The fourth-order valence-electron chi connectivity index (χ4n) is 2.71. The molecule has 2 atom stereocenters. The molecule has 1 aliphatic rings. The monoisotopic (exact) mass is 360 g/mol. The Morgan fingerprint density at radius 1 is 1.35 bits per heavy atom. The number of anilines is 1. The fourth-order valence-corrected chi connectivity index (χ4v) is 5.38. The van der Waals surface area contributed by atoms with Gasteiger partial charge in [0.15, 0.2) is 0 Å². The van der Waals surface area contributed by atoms with Crippen molar-refractivity contribution in [1.29, 1.82) is 0 Å². The van der Waals surface area contributed by atoms with Gasteiger partial charge < -0.3 is 5.73 Å². The quantitative estimate of drug-likeness (QED) is 0.823. The van der Waals surface area contributed by atoms with E-state index in [1.165, 1.54) is 0 Å². The SMILES string of the molecule is Cc1c(N)cc(Br)cc1S(=O)(=O)N1CCCC(C)C1C. The van der Waals surface area contributed by atoms with E-state index in [1.807, 2.05) is 6.92 Å². The number of piperidine rings is 1. The second kappa shape index (κ2) is 5.66. The lowest BCUT2D eigenvalue weighted by Gasteiger charge is -2.37. The maximum absolute atomic E-state index is 12.9. The summed E-state index contributed by atoms with van der Waals surface area (Å²) in [5.74, 6) is 0.378. The number of halogens is 1. The highest BCUT2D eigenvalue weighted by molar-refractivity contribution is 9.10. The first-order valence-corrected chi connectivity index (χ1v) is 9.06. The minimum Gasteiger partial charge on any atom is -0.398 e. The van der Waals surface area contributed by atoms with Gasteiger partial charge in [-0.15, -0.1) is 0 Å². The zero-order chi connectivity index (χ0) is 15.1. The average Bonchev–Trinajstić information content (AvgIpc) is 2.36. The Hall–Kier alpha value is -0.590. The van der Waals surface area contributed by atoms with Crippen molar-refractivity contribution < 1.29 is 8.42 Å². The molecule has 1 heterocycles. The summed E-state index contributed by atoms with van der Waals surface area (Å²) in [6, 6.07) is 3.40. The van der Waals surface area contributed by atoms with Crippen molar-refractivity contribution in [2.45, 2.75) is 44.6 Å². The molecule has 4 nitrogen and oxygen atoms in total. The largest absolute Gasteiger partial charge is 0.398 e. The third kappa shape index (κ3) is 2.73. The molecule has 2 rings (SSSR count). The fraction of sp³-hybridized carbons (Fsp3) is 0.571. The van der Waals surface area contributed by atoms with Crippen LogP contribution in [0.15, 0.2) is 21.5 Å². The molecular weight excluding hydrogens is 340 g/mol. The molecule has 0 aliphatic carbocycles. The van der Waals surface area contributed by atoms with Gasteiger partial charge in [0.05, 0.1) is 4.90 Å². The topological polar surface area (TPSA) is 63.4 Å². The van der Waals surface area contributed by atoms with Crippen LogP contribution in [-0.4, -0.2) is 25.3 Å². The molecule has 0 amide bonds. The molecule has 6 heteroatoms. The first-order valence-electron chi connectivity index (χ1n) is 6.82. The lowest BCUT2D eigenvalue weighted by Crippen LogP contribution is -2.46. The Balaban J connectivity index is 2.50. The molecule has 1 saturated heterocycles. The van der Waals surface area contributed by atoms with E-state index >= 15 is 0 Å². The van der Waals surface area contributed by atoms with E-state index in [0.29, 0.717) is 33.1 Å². The van der Waals surface area contributed by atoms with Crippen LogP contribution in [0.1, 0.15) is 32.3 Å². The third-order valence-electron chi connectivity index (χ3n) is 4.27. The number of hydrogen-bond donors (Lipinski definition) is 1. The molecule has 2 unspecified atom stereocenters. The van der Waals surface area contributed by atoms with Gasteiger partial charge in [-0.3, -0.25) is 0 Å². The number of sulfonamides is 1. The van der Waals surface area contributed by atoms with E-state index in [0.717, 1.165) is 12.8 Å². The maximum atomic E-state index is 12.9. The van der Waals surface area contributed by atoms with Crippen molar-refractivity contribution in [2.24, 2.45) is 5.92 Å². The molecule has 112 valence electrons. The number of nitrogen functional groups attached to an aromatic ring is 1. The lowest BCUT2D eigenvalue weighted by molar-refractivity contribution is 0.202. The molecule has 1 aromatic rings. The van der Waals surface area contributed by atoms with Gasteiger partial charge in [-0.1, -0.05) is 22.9 Å². The predicted molar refractivity (Wildman–Crippen MR) is 85.0 cm³/mol. The smallest absolute Gasteiger partial charge is 0.243 e. The molecule has 1 aromatic carbocycles. The van der Waals surface area contributed by atoms with Gasteiger partial charge in [0.2, 0.25) is 10.0 Å². The number of nitrogens with two attached hydrogens (primary N) is 1. The summed E-state index contributed by atoms with van der Waals surface area (Å²) in [4.78, 5) is 0.310. The van der Waals surface area contributed by atoms with Crippen LogP contribution in [0.2, 0.25) is 0 Å². The summed E-state index contributed by atoms with van der Waals surface area (Å²) < 4.78 is 28.1. The predicted octanol–water partition coefficient (Wildman–Crippen LogP) is 3.15. The van der Waals surface area contributed by atoms with Crippen LogP contribution < -0.4 is 5.73 Å². The number of rotatable bonds is 2. The second-order valence-corrected chi connectivity index (χ2v) is 8.37. The average molecular weight is 361 g/mol. The van der Waals surface area contributed by atoms with E-state index < -0.39 is 10.0 Å². The Labute approximate surface area is 129 Å². The highest BCUT2D eigenvalue weighted by atomic mass is 79.9. The van der Waals surface area contributed by atoms with Crippen LogP contribution in [0.4, 0.5) is 5.69 Å². The maximum Gasteiger partial charge on any atom is 0.243 e. The summed E-state index contributed by atoms with van der Waals surface area (Å²) in [5, 5.41) is 0. The minimum atomic E-state index is -3.50. The van der Waals surface area contributed by atoms with Crippen molar-refractivity contribution in [3.63, 3.8) is 0 Å². The standard InChI is InChI=1S/C14H21BrN2O2S/c1-9-5-4-6-17(11(9)3)20(18,19)14-8-12(15)7-13(16)10(14)2/h7-9,11H,4-6,16H2,1-3H3. The van der Waals surface area contributed by atoms with Gasteiger partial charge >= 0.3 is 0 Å². The number of benzene rings is 1. The molecular formula is C14H21BrN2O2S. The normalized spacial score (nSPS) is 24.8. The van der Waals surface area contributed by atoms with Crippen LogP contribution in [0.3, 0.4) is 0 Å². The van der Waals surface area contributed by atoms with Gasteiger partial charge in [-0.2, -0.15) is 4.31 Å². The summed E-state index contributed by atoms with van der Waals surface area (Å²) >= 11 is 3.33. The first-order chi connectivity index (χ1) is 9.25. The molecule has 0 spiro atoms. The Bertz CT molecular complexity index is 616. The summed E-state index contributed by atoms with van der Waals surface area (Å²) in [7, 11) is -3.50. The zero-order valence-corrected chi connectivity index (χ0v) is 14.5. The van der Waals surface area contributed by atoms with Crippen LogP contribution in [0.25, 0.3) is 0 Å². The molecule has 0 aromatic heterocycles. The molecule has 0 bridgehead atoms. The number of nitrogens with zero attached hydrogens (tertiary/aromatic N) is 1. The van der Waals surface area contributed by atoms with Crippen molar-refractivity contribution in [2.75, 3.05) is 12.3 Å². The highest BCUT2D eigenvalue weighted by Gasteiger charge is 2.35. The van der Waals surface area contributed by atoms with E-state index in [9.17, 15) is 8.42 Å². The third-order valence-corrected chi connectivity index (χ3v) is 6.84. The Morgan fingerprint density at radius 2 is 2.00 bits per heavy atom. The Morgan fingerprint density at radius 3 is 2.65 bits per heavy atom. The van der Waals surface area contributed by atoms with Crippen LogP contribution >= 0.6 is 15.9 Å². The number of hydrogen-bond acceptors (Lipinski definition) is 3. The first kappa shape index (κ1) is 15.8. The van der Waals surface area contributed by atoms with Gasteiger partial charge in [0.1, 0.15) is 0 Å². The van der Waals surface area contributed by atoms with Gasteiger partial charge in [0, 0.05) is 22.7 Å². The zero-order valence-electron chi connectivity index (χ0n) is 12.1. The molecule has 2 N–H and O–H groups in total. The van der Waals surface area contributed by atoms with E-state index in [4.69, 9.17) is 5.73 Å². The van der Waals surface area contributed by atoms with Crippen molar-refractivity contribution >= 4 is 31.6 Å².